The first-order chi connectivity index (χ1) is 14.9. The van der Waals surface area contributed by atoms with Crippen molar-refractivity contribution in [2.24, 2.45) is 5.73 Å². The van der Waals surface area contributed by atoms with E-state index in [1.165, 1.54) is 12.8 Å². The summed E-state index contributed by atoms with van der Waals surface area (Å²) < 4.78 is 3.90. The van der Waals surface area contributed by atoms with E-state index in [0.717, 1.165) is 35.4 Å². The van der Waals surface area contributed by atoms with Crippen LogP contribution >= 0.6 is 11.6 Å². The molecule has 9 nitrogen and oxygen atoms in total. The molecule has 1 saturated heterocycles. The zero-order valence-corrected chi connectivity index (χ0v) is 18.5. The average Bonchev–Trinajstić information content (AvgIpc) is 3.47. The minimum Gasteiger partial charge on any atom is -0.341 e. The van der Waals surface area contributed by atoms with Crippen LogP contribution in [0.3, 0.4) is 0 Å². The molecule has 4 heterocycles. The number of fused-ring (bicyclic) bond motifs is 1. The van der Waals surface area contributed by atoms with E-state index in [0.29, 0.717) is 30.0 Å². The highest BCUT2D eigenvalue weighted by molar-refractivity contribution is 6.34. The fourth-order valence-electron chi connectivity index (χ4n) is 4.25. The molecule has 1 saturated carbocycles. The van der Waals surface area contributed by atoms with E-state index in [2.05, 4.69) is 15.4 Å². The third-order valence-corrected chi connectivity index (χ3v) is 6.50. The summed E-state index contributed by atoms with van der Waals surface area (Å²) in [6, 6.07) is 1.80. The van der Waals surface area contributed by atoms with E-state index in [1.54, 1.807) is 13.1 Å². The maximum Gasteiger partial charge on any atom is 0.245 e. The number of carbonyl (C=O) groups excluding carboxylic acids is 1. The summed E-state index contributed by atoms with van der Waals surface area (Å²) >= 11 is 6.36. The highest BCUT2D eigenvalue weighted by Gasteiger charge is 2.29. The van der Waals surface area contributed by atoms with Crippen LogP contribution in [0.5, 0.6) is 0 Å². The van der Waals surface area contributed by atoms with Crippen molar-refractivity contribution in [1.29, 1.82) is 0 Å². The molecule has 0 bridgehead atoms. The van der Waals surface area contributed by atoms with Crippen LogP contribution < -0.4 is 11.1 Å². The Morgan fingerprint density at radius 2 is 2.00 bits per heavy atom. The molecule has 31 heavy (non-hydrogen) atoms. The number of hydrogen-bond acceptors (Lipinski definition) is 6. The van der Waals surface area contributed by atoms with E-state index in [1.807, 2.05) is 33.3 Å². The van der Waals surface area contributed by atoms with Crippen molar-refractivity contribution >= 4 is 34.7 Å². The number of likely N-dealkylation sites (tertiary alicyclic amines) is 1. The average molecular weight is 443 g/mol. The molecule has 3 aromatic heterocycles. The monoisotopic (exact) mass is 442 g/mol. The van der Waals surface area contributed by atoms with Gasteiger partial charge < -0.3 is 16.0 Å². The second-order valence-corrected chi connectivity index (χ2v) is 9.06. The molecule has 10 heteroatoms. The molecule has 5 rings (SSSR count). The Morgan fingerprint density at radius 3 is 2.68 bits per heavy atom. The molecule has 3 N–H and O–H groups in total. The van der Waals surface area contributed by atoms with Crippen LogP contribution in [0.1, 0.15) is 56.0 Å². The predicted octanol–water partition coefficient (Wildman–Crippen LogP) is 3.02. The second-order valence-electron chi connectivity index (χ2n) is 8.65. The number of carbonyl (C=O) groups is 1. The molecule has 164 valence electrons. The summed E-state index contributed by atoms with van der Waals surface area (Å²) in [4.78, 5) is 18.4. The molecule has 1 amide bonds. The molecule has 2 aliphatic rings. The van der Waals surface area contributed by atoms with Gasteiger partial charge in [0, 0.05) is 30.9 Å². The van der Waals surface area contributed by atoms with Gasteiger partial charge in [0.15, 0.2) is 0 Å². The standard InChI is InChI=1S/C21H27ClN8O/c1-12(23)20(31)28-7-5-15(6-8-28)29-11-17(13(2)26-29)25-21-24-10-19-16(22)9-18(14-3-4-14)30(19)27-21/h9-12,14-15H,3-8,23H2,1-2H3,(H,25,27). The van der Waals surface area contributed by atoms with Crippen molar-refractivity contribution in [3.05, 3.63) is 34.9 Å². The lowest BCUT2D eigenvalue weighted by molar-refractivity contribution is -0.133. The number of aryl methyl sites for hydroxylation is 1. The Morgan fingerprint density at radius 1 is 1.26 bits per heavy atom. The van der Waals surface area contributed by atoms with Gasteiger partial charge in [0.25, 0.3) is 0 Å². The van der Waals surface area contributed by atoms with Crippen LogP contribution in [0.4, 0.5) is 11.6 Å². The van der Waals surface area contributed by atoms with Gasteiger partial charge in [-0.1, -0.05) is 11.6 Å². The van der Waals surface area contributed by atoms with Crippen molar-refractivity contribution in [2.45, 2.75) is 57.5 Å². The minimum atomic E-state index is -0.452. The Balaban J connectivity index is 1.31. The third kappa shape index (κ3) is 3.87. The number of piperidine rings is 1. The quantitative estimate of drug-likeness (QED) is 0.629. The van der Waals surface area contributed by atoms with Crippen molar-refractivity contribution in [3.8, 4) is 0 Å². The number of halogens is 1. The van der Waals surface area contributed by atoms with E-state index < -0.39 is 6.04 Å². The molecule has 1 atom stereocenters. The molecular formula is C21H27ClN8O. The van der Waals surface area contributed by atoms with Gasteiger partial charge >= 0.3 is 0 Å². The largest absolute Gasteiger partial charge is 0.341 e. The molecule has 1 aliphatic heterocycles. The number of nitrogens with one attached hydrogen (secondary N) is 1. The van der Waals surface area contributed by atoms with Gasteiger partial charge in [0.1, 0.15) is 5.52 Å². The summed E-state index contributed by atoms with van der Waals surface area (Å²) in [5.74, 6) is 1.06. The summed E-state index contributed by atoms with van der Waals surface area (Å²) in [6.45, 7) is 5.10. The molecule has 2 fully saturated rings. The minimum absolute atomic E-state index is 0.0145. The second kappa shape index (κ2) is 7.80. The van der Waals surface area contributed by atoms with Crippen LogP contribution in [-0.2, 0) is 4.79 Å². The Labute approximate surface area is 185 Å². The van der Waals surface area contributed by atoms with Crippen molar-refractivity contribution in [2.75, 3.05) is 18.4 Å². The van der Waals surface area contributed by atoms with Crippen LogP contribution in [0.25, 0.3) is 5.52 Å². The van der Waals surface area contributed by atoms with Crippen LogP contribution in [0.2, 0.25) is 5.02 Å². The van der Waals surface area contributed by atoms with Gasteiger partial charge in [0.2, 0.25) is 11.9 Å². The lowest BCUT2D eigenvalue weighted by Crippen LogP contribution is -2.46. The van der Waals surface area contributed by atoms with Crippen LogP contribution in [0, 0.1) is 6.92 Å². The fourth-order valence-corrected chi connectivity index (χ4v) is 4.49. The number of nitrogens with zero attached hydrogens (tertiary/aromatic N) is 6. The molecule has 0 radical (unpaired) electrons. The topological polar surface area (TPSA) is 106 Å². The summed E-state index contributed by atoms with van der Waals surface area (Å²) in [7, 11) is 0. The SMILES string of the molecule is Cc1nn(C2CCN(C(=O)C(C)N)CC2)cc1Nc1ncc2c(Cl)cc(C3CC3)n2n1. The maximum absolute atomic E-state index is 12.1. The summed E-state index contributed by atoms with van der Waals surface area (Å²) in [5.41, 5.74) is 9.46. The zero-order chi connectivity index (χ0) is 21.7. The highest BCUT2D eigenvalue weighted by Crippen LogP contribution is 2.42. The lowest BCUT2D eigenvalue weighted by atomic mass is 10.0. The van der Waals surface area contributed by atoms with Gasteiger partial charge in [-0.15, -0.1) is 5.10 Å². The van der Waals surface area contributed by atoms with E-state index in [-0.39, 0.29) is 11.9 Å². The maximum atomic E-state index is 12.1. The molecular weight excluding hydrogens is 416 g/mol. The molecule has 0 spiro atoms. The molecule has 0 aromatic carbocycles. The fraction of sp³-hybridized carbons (Fsp3) is 0.524. The molecule has 1 aliphatic carbocycles. The van der Waals surface area contributed by atoms with Crippen molar-refractivity contribution in [1.82, 2.24) is 29.3 Å². The normalized spacial score (nSPS) is 18.5. The lowest BCUT2D eigenvalue weighted by Gasteiger charge is -2.33. The van der Waals surface area contributed by atoms with Crippen molar-refractivity contribution < 1.29 is 4.79 Å². The summed E-state index contributed by atoms with van der Waals surface area (Å²) in [5, 5.41) is 13.4. The number of aromatic nitrogens is 5. The predicted molar refractivity (Wildman–Crippen MR) is 119 cm³/mol. The van der Waals surface area contributed by atoms with Crippen LogP contribution in [0.15, 0.2) is 18.5 Å². The number of nitrogens with two attached hydrogens (primary N) is 1. The molecule has 1 unspecified atom stereocenters. The van der Waals surface area contributed by atoms with Gasteiger partial charge in [-0.3, -0.25) is 9.48 Å². The van der Waals surface area contributed by atoms with E-state index in [4.69, 9.17) is 22.4 Å². The van der Waals surface area contributed by atoms with Gasteiger partial charge in [-0.05, 0) is 45.6 Å². The first-order valence-corrected chi connectivity index (χ1v) is 11.2. The molecule has 3 aromatic rings. The Hall–Kier alpha value is -2.65. The van der Waals surface area contributed by atoms with Gasteiger partial charge in [-0.25, -0.2) is 9.50 Å². The first-order valence-electron chi connectivity index (χ1n) is 10.8. The number of hydrogen-bond donors (Lipinski definition) is 2. The first kappa shape index (κ1) is 20.3. The zero-order valence-electron chi connectivity index (χ0n) is 17.8. The third-order valence-electron chi connectivity index (χ3n) is 6.19. The van der Waals surface area contributed by atoms with Crippen molar-refractivity contribution in [3.63, 3.8) is 0 Å². The van der Waals surface area contributed by atoms with Crippen LogP contribution in [-0.4, -0.2) is 54.3 Å². The Bertz CT molecular complexity index is 1120. The smallest absolute Gasteiger partial charge is 0.245 e. The van der Waals surface area contributed by atoms with Gasteiger partial charge in [-0.2, -0.15) is 5.10 Å². The van der Waals surface area contributed by atoms with Gasteiger partial charge in [0.05, 0.1) is 34.7 Å². The Kier molecular flexibility index (Phi) is 5.10. The van der Waals surface area contributed by atoms with E-state index >= 15 is 0 Å². The van der Waals surface area contributed by atoms with E-state index in [9.17, 15) is 4.79 Å². The number of rotatable bonds is 5. The number of amides is 1. The number of anilines is 2. The highest BCUT2D eigenvalue weighted by atomic mass is 35.5. The summed E-state index contributed by atoms with van der Waals surface area (Å²) in [6.07, 6.45) is 7.82.